The van der Waals surface area contributed by atoms with Gasteiger partial charge in [-0.3, -0.25) is 4.79 Å². The van der Waals surface area contributed by atoms with Crippen molar-refractivity contribution in [3.05, 3.63) is 59.2 Å². The molecule has 0 spiro atoms. The second-order valence-electron chi connectivity index (χ2n) is 5.08. The minimum atomic E-state index is -0.484. The molecule has 7 heteroatoms. The lowest BCUT2D eigenvalue weighted by atomic mass is 10.2. The van der Waals surface area contributed by atoms with Gasteiger partial charge < -0.3 is 10.1 Å². The molecule has 0 aliphatic carbocycles. The summed E-state index contributed by atoms with van der Waals surface area (Å²) in [5.74, 6) is -0.900. The number of nitrogens with one attached hydrogen (secondary N) is 1. The zero-order valence-corrected chi connectivity index (χ0v) is 14.9. The molecule has 0 atom stereocenters. The summed E-state index contributed by atoms with van der Waals surface area (Å²) in [5.41, 5.74) is 0.470. The quantitative estimate of drug-likeness (QED) is 0.525. The lowest BCUT2D eigenvalue weighted by molar-refractivity contribution is -0.113. The zero-order valence-electron chi connectivity index (χ0n) is 13.2. The second kappa shape index (κ2) is 7.67. The number of carbonyl (C=O) groups is 2. The number of halogens is 1. The third-order valence-corrected chi connectivity index (χ3v) is 5.58. The molecule has 128 valence electrons. The van der Waals surface area contributed by atoms with Gasteiger partial charge in [0.05, 0.1) is 18.6 Å². The van der Waals surface area contributed by atoms with Crippen LogP contribution in [0.2, 0.25) is 0 Å². The van der Waals surface area contributed by atoms with Gasteiger partial charge in [0.1, 0.15) is 10.7 Å². The number of hydrogen-bond acceptors (Lipinski definition) is 5. The number of fused-ring (bicyclic) bond motifs is 1. The number of benzene rings is 2. The SMILES string of the molecule is COC(=O)c1sc2ccccc2c1NC(=O)CSc1ccc(F)cc1. The van der Waals surface area contributed by atoms with E-state index >= 15 is 0 Å². The van der Waals surface area contributed by atoms with Crippen molar-refractivity contribution in [2.45, 2.75) is 4.90 Å². The molecule has 0 aliphatic rings. The Balaban J connectivity index is 1.78. The van der Waals surface area contributed by atoms with Gasteiger partial charge in [0.2, 0.25) is 5.91 Å². The Morgan fingerprint density at radius 1 is 1.16 bits per heavy atom. The lowest BCUT2D eigenvalue weighted by Gasteiger charge is -2.07. The Morgan fingerprint density at radius 3 is 2.60 bits per heavy atom. The molecule has 1 aromatic heterocycles. The van der Waals surface area contributed by atoms with E-state index in [0.717, 1.165) is 15.0 Å². The molecule has 0 saturated heterocycles. The van der Waals surface area contributed by atoms with E-state index in [0.29, 0.717) is 10.6 Å². The Kier molecular flexibility index (Phi) is 5.35. The van der Waals surface area contributed by atoms with Crippen molar-refractivity contribution in [1.29, 1.82) is 0 Å². The fraction of sp³-hybridized carbons (Fsp3) is 0.111. The van der Waals surface area contributed by atoms with Crippen molar-refractivity contribution in [1.82, 2.24) is 0 Å². The molecule has 0 fully saturated rings. The van der Waals surface area contributed by atoms with Gasteiger partial charge in [-0.15, -0.1) is 23.1 Å². The van der Waals surface area contributed by atoms with Crippen LogP contribution in [0.1, 0.15) is 9.67 Å². The van der Waals surface area contributed by atoms with Crippen molar-refractivity contribution >= 4 is 50.7 Å². The number of thiophene rings is 1. The van der Waals surface area contributed by atoms with Crippen LogP contribution in [-0.2, 0) is 9.53 Å². The van der Waals surface area contributed by atoms with Crippen molar-refractivity contribution in [2.24, 2.45) is 0 Å². The minimum absolute atomic E-state index is 0.149. The topological polar surface area (TPSA) is 55.4 Å². The van der Waals surface area contributed by atoms with Gasteiger partial charge in [0.15, 0.2) is 0 Å². The van der Waals surface area contributed by atoms with Gasteiger partial charge in [0, 0.05) is 15.0 Å². The van der Waals surface area contributed by atoms with E-state index < -0.39 is 5.97 Å². The first-order valence-electron chi connectivity index (χ1n) is 7.36. The summed E-state index contributed by atoms with van der Waals surface area (Å²) in [5, 5.41) is 3.61. The largest absolute Gasteiger partial charge is 0.465 e. The Labute approximate surface area is 152 Å². The zero-order chi connectivity index (χ0) is 17.8. The van der Waals surface area contributed by atoms with Crippen LogP contribution in [0.4, 0.5) is 10.1 Å². The molecule has 0 radical (unpaired) electrons. The van der Waals surface area contributed by atoms with E-state index in [1.807, 2.05) is 24.3 Å². The highest BCUT2D eigenvalue weighted by Crippen LogP contribution is 2.36. The van der Waals surface area contributed by atoms with E-state index in [1.165, 1.54) is 42.3 Å². The average molecular weight is 375 g/mol. The van der Waals surface area contributed by atoms with Gasteiger partial charge in [-0.05, 0) is 30.3 Å². The van der Waals surface area contributed by atoms with Crippen LogP contribution >= 0.6 is 23.1 Å². The summed E-state index contributed by atoms with van der Waals surface area (Å²) < 4.78 is 18.6. The number of methoxy groups -OCH3 is 1. The fourth-order valence-corrected chi connectivity index (χ4v) is 4.04. The van der Waals surface area contributed by atoms with Crippen LogP contribution in [-0.4, -0.2) is 24.7 Å². The van der Waals surface area contributed by atoms with Crippen LogP contribution in [0.15, 0.2) is 53.4 Å². The molecule has 25 heavy (non-hydrogen) atoms. The highest BCUT2D eigenvalue weighted by Gasteiger charge is 2.20. The summed E-state index contributed by atoms with van der Waals surface area (Å²) in [7, 11) is 1.31. The molecule has 1 N–H and O–H groups in total. The van der Waals surface area contributed by atoms with Crippen LogP contribution < -0.4 is 5.32 Å². The van der Waals surface area contributed by atoms with Gasteiger partial charge in [0.25, 0.3) is 0 Å². The average Bonchev–Trinajstić information content (AvgIpc) is 2.99. The standard InChI is InChI=1S/C18H14FNO3S2/c1-23-18(22)17-16(13-4-2-3-5-14(13)25-17)20-15(21)10-24-12-8-6-11(19)7-9-12/h2-9H,10H2,1H3,(H,20,21). The minimum Gasteiger partial charge on any atom is -0.465 e. The van der Waals surface area contributed by atoms with Crippen LogP contribution in [0.25, 0.3) is 10.1 Å². The maximum absolute atomic E-state index is 12.9. The first-order chi connectivity index (χ1) is 12.1. The molecule has 0 saturated carbocycles. The first-order valence-corrected chi connectivity index (χ1v) is 9.17. The maximum Gasteiger partial charge on any atom is 0.350 e. The van der Waals surface area contributed by atoms with Gasteiger partial charge >= 0.3 is 5.97 Å². The molecule has 4 nitrogen and oxygen atoms in total. The number of amides is 1. The molecule has 1 heterocycles. The molecule has 2 aromatic carbocycles. The van der Waals surface area contributed by atoms with Crippen molar-refractivity contribution in [2.75, 3.05) is 18.2 Å². The number of esters is 1. The summed E-state index contributed by atoms with van der Waals surface area (Å²) >= 11 is 2.57. The Bertz CT molecular complexity index is 922. The van der Waals surface area contributed by atoms with Crippen molar-refractivity contribution in [3.63, 3.8) is 0 Å². The molecule has 0 aliphatic heterocycles. The summed E-state index contributed by atoms with van der Waals surface area (Å²) in [4.78, 5) is 25.5. The predicted octanol–water partition coefficient (Wildman–Crippen LogP) is 4.56. The normalized spacial score (nSPS) is 10.6. The smallest absolute Gasteiger partial charge is 0.350 e. The van der Waals surface area contributed by atoms with Gasteiger partial charge in [-0.2, -0.15) is 0 Å². The highest BCUT2D eigenvalue weighted by molar-refractivity contribution is 8.00. The fourth-order valence-electron chi connectivity index (χ4n) is 2.26. The van der Waals surface area contributed by atoms with E-state index in [1.54, 1.807) is 12.1 Å². The van der Waals surface area contributed by atoms with Crippen molar-refractivity contribution in [3.8, 4) is 0 Å². The third kappa shape index (κ3) is 4.00. The molecular formula is C18H14FNO3S2. The van der Waals surface area contributed by atoms with E-state index in [9.17, 15) is 14.0 Å². The summed E-state index contributed by atoms with van der Waals surface area (Å²) in [6.45, 7) is 0. The van der Waals surface area contributed by atoms with Crippen molar-refractivity contribution < 1.29 is 18.7 Å². The van der Waals surface area contributed by atoms with Crippen LogP contribution in [0.5, 0.6) is 0 Å². The number of hydrogen-bond donors (Lipinski definition) is 1. The van der Waals surface area contributed by atoms with Gasteiger partial charge in [-0.1, -0.05) is 18.2 Å². The molecule has 0 bridgehead atoms. The monoisotopic (exact) mass is 375 g/mol. The maximum atomic E-state index is 12.9. The molecule has 3 rings (SSSR count). The Hall–Kier alpha value is -2.38. The highest BCUT2D eigenvalue weighted by atomic mass is 32.2. The number of thioether (sulfide) groups is 1. The second-order valence-corrected chi connectivity index (χ2v) is 7.19. The summed E-state index contributed by atoms with van der Waals surface area (Å²) in [6, 6.07) is 13.4. The number of rotatable bonds is 5. The third-order valence-electron chi connectivity index (χ3n) is 3.41. The van der Waals surface area contributed by atoms with E-state index in [-0.39, 0.29) is 17.5 Å². The molecule has 1 amide bonds. The molecule has 3 aromatic rings. The molecular weight excluding hydrogens is 361 g/mol. The van der Waals surface area contributed by atoms with Crippen LogP contribution in [0, 0.1) is 5.82 Å². The van der Waals surface area contributed by atoms with E-state index in [2.05, 4.69) is 5.32 Å². The van der Waals surface area contributed by atoms with Crippen LogP contribution in [0.3, 0.4) is 0 Å². The number of anilines is 1. The number of carbonyl (C=O) groups excluding carboxylic acids is 2. The number of ether oxygens (including phenoxy) is 1. The Morgan fingerprint density at radius 2 is 1.88 bits per heavy atom. The predicted molar refractivity (Wildman–Crippen MR) is 98.9 cm³/mol. The first kappa shape index (κ1) is 17.4. The van der Waals surface area contributed by atoms with E-state index in [4.69, 9.17) is 4.74 Å². The van der Waals surface area contributed by atoms with Gasteiger partial charge in [-0.25, -0.2) is 9.18 Å². The summed E-state index contributed by atoms with van der Waals surface area (Å²) in [6.07, 6.45) is 0. The molecule has 0 unspecified atom stereocenters. The lowest BCUT2D eigenvalue weighted by Crippen LogP contribution is -2.16.